The van der Waals surface area contributed by atoms with Crippen molar-refractivity contribution in [2.24, 2.45) is 5.92 Å². The normalized spacial score (nSPS) is 24.8. The maximum absolute atomic E-state index is 12.0. The van der Waals surface area contributed by atoms with Crippen LogP contribution in [-0.2, 0) is 4.79 Å². The minimum absolute atomic E-state index is 0.0419. The van der Waals surface area contributed by atoms with E-state index in [0.29, 0.717) is 12.0 Å². The Hall–Kier alpha value is -1.35. The number of anilines is 1. The molecule has 1 fully saturated rings. The standard InChI is InChI=1S/C15H22N2O/c1-11-7-6-10-14(11)16-12(2)15(18)17-13-8-4-3-5-9-13/h3-5,8-9,11-12,14,16H,6-7,10H2,1-2H3,(H,17,18). The van der Waals surface area contributed by atoms with Gasteiger partial charge in [0.25, 0.3) is 0 Å². The molecule has 1 aromatic rings. The molecule has 1 aliphatic rings. The first-order valence-electron chi connectivity index (χ1n) is 6.79. The number of para-hydroxylation sites is 1. The van der Waals surface area contributed by atoms with Crippen LogP contribution >= 0.6 is 0 Å². The predicted octanol–water partition coefficient (Wildman–Crippen LogP) is 2.79. The van der Waals surface area contributed by atoms with Crippen LogP contribution in [0.5, 0.6) is 0 Å². The SMILES string of the molecule is CC(NC1CCCC1C)C(=O)Nc1ccccc1. The van der Waals surface area contributed by atoms with Crippen LogP contribution in [0, 0.1) is 5.92 Å². The first kappa shape index (κ1) is 13.1. The summed E-state index contributed by atoms with van der Waals surface area (Å²) in [6.45, 7) is 4.19. The first-order chi connectivity index (χ1) is 8.66. The molecule has 0 bridgehead atoms. The fraction of sp³-hybridized carbons (Fsp3) is 0.533. The van der Waals surface area contributed by atoms with Gasteiger partial charge in [-0.2, -0.15) is 0 Å². The van der Waals surface area contributed by atoms with E-state index in [9.17, 15) is 4.79 Å². The van der Waals surface area contributed by atoms with E-state index < -0.39 is 0 Å². The summed E-state index contributed by atoms with van der Waals surface area (Å²) >= 11 is 0. The van der Waals surface area contributed by atoms with Gasteiger partial charge in [0.15, 0.2) is 0 Å². The zero-order valence-corrected chi connectivity index (χ0v) is 11.1. The first-order valence-corrected chi connectivity index (χ1v) is 6.79. The van der Waals surface area contributed by atoms with E-state index in [4.69, 9.17) is 0 Å². The van der Waals surface area contributed by atoms with Crippen molar-refractivity contribution >= 4 is 11.6 Å². The number of benzene rings is 1. The van der Waals surface area contributed by atoms with Crippen LogP contribution in [0.15, 0.2) is 30.3 Å². The van der Waals surface area contributed by atoms with E-state index >= 15 is 0 Å². The fourth-order valence-corrected chi connectivity index (χ4v) is 2.56. The van der Waals surface area contributed by atoms with E-state index in [-0.39, 0.29) is 11.9 Å². The monoisotopic (exact) mass is 246 g/mol. The minimum atomic E-state index is -0.143. The summed E-state index contributed by atoms with van der Waals surface area (Å²) in [5.74, 6) is 0.720. The van der Waals surface area contributed by atoms with Crippen LogP contribution in [0.3, 0.4) is 0 Å². The van der Waals surface area contributed by atoms with Crippen LogP contribution in [0.4, 0.5) is 5.69 Å². The third-order valence-corrected chi connectivity index (χ3v) is 3.76. The van der Waals surface area contributed by atoms with Gasteiger partial charge in [-0.05, 0) is 37.8 Å². The summed E-state index contributed by atoms with van der Waals surface area (Å²) in [5, 5.41) is 6.37. The Balaban J connectivity index is 1.85. The minimum Gasteiger partial charge on any atom is -0.325 e. The largest absolute Gasteiger partial charge is 0.325 e. The highest BCUT2D eigenvalue weighted by atomic mass is 16.2. The Kier molecular flexibility index (Phi) is 4.37. The maximum Gasteiger partial charge on any atom is 0.241 e. The van der Waals surface area contributed by atoms with Gasteiger partial charge in [0.2, 0.25) is 5.91 Å². The van der Waals surface area contributed by atoms with Crippen molar-refractivity contribution in [3.63, 3.8) is 0 Å². The van der Waals surface area contributed by atoms with Gasteiger partial charge in [0, 0.05) is 11.7 Å². The van der Waals surface area contributed by atoms with Gasteiger partial charge in [-0.25, -0.2) is 0 Å². The van der Waals surface area contributed by atoms with E-state index in [0.717, 1.165) is 5.69 Å². The third-order valence-electron chi connectivity index (χ3n) is 3.76. The Morgan fingerprint density at radius 1 is 1.28 bits per heavy atom. The number of amides is 1. The molecule has 0 spiro atoms. The molecule has 0 saturated heterocycles. The van der Waals surface area contributed by atoms with Crippen molar-refractivity contribution in [1.82, 2.24) is 5.32 Å². The molecular formula is C15H22N2O. The Morgan fingerprint density at radius 2 is 2.00 bits per heavy atom. The molecule has 1 amide bonds. The van der Waals surface area contributed by atoms with Gasteiger partial charge in [-0.15, -0.1) is 0 Å². The number of hydrogen-bond donors (Lipinski definition) is 2. The number of rotatable bonds is 4. The zero-order valence-electron chi connectivity index (χ0n) is 11.1. The van der Waals surface area contributed by atoms with Gasteiger partial charge < -0.3 is 10.6 Å². The summed E-state index contributed by atoms with van der Waals surface area (Å²) in [5.41, 5.74) is 0.857. The quantitative estimate of drug-likeness (QED) is 0.857. The van der Waals surface area contributed by atoms with Crippen LogP contribution in [0.25, 0.3) is 0 Å². The summed E-state index contributed by atoms with van der Waals surface area (Å²) < 4.78 is 0. The predicted molar refractivity (Wildman–Crippen MR) is 74.5 cm³/mol. The Labute approximate surface area is 109 Å². The lowest BCUT2D eigenvalue weighted by Gasteiger charge is -2.22. The number of carbonyl (C=O) groups excluding carboxylic acids is 1. The van der Waals surface area contributed by atoms with Crippen molar-refractivity contribution in [3.8, 4) is 0 Å². The molecule has 98 valence electrons. The van der Waals surface area contributed by atoms with Crippen LogP contribution < -0.4 is 10.6 Å². The summed E-state index contributed by atoms with van der Waals surface area (Å²) in [6.07, 6.45) is 3.72. The fourth-order valence-electron chi connectivity index (χ4n) is 2.56. The van der Waals surface area contributed by atoms with Crippen molar-refractivity contribution in [2.45, 2.75) is 45.2 Å². The van der Waals surface area contributed by atoms with Crippen molar-refractivity contribution in [3.05, 3.63) is 30.3 Å². The second kappa shape index (κ2) is 6.01. The third kappa shape index (κ3) is 3.33. The van der Waals surface area contributed by atoms with Crippen molar-refractivity contribution in [2.75, 3.05) is 5.32 Å². The molecular weight excluding hydrogens is 224 g/mol. The Bertz CT molecular complexity index is 391. The van der Waals surface area contributed by atoms with E-state index in [1.54, 1.807) is 0 Å². The second-order valence-corrected chi connectivity index (χ2v) is 5.26. The average molecular weight is 246 g/mol. The van der Waals surface area contributed by atoms with Crippen LogP contribution in [-0.4, -0.2) is 18.0 Å². The highest BCUT2D eigenvalue weighted by molar-refractivity contribution is 5.94. The average Bonchev–Trinajstić information content (AvgIpc) is 2.76. The maximum atomic E-state index is 12.0. The van der Waals surface area contributed by atoms with Gasteiger partial charge in [-0.3, -0.25) is 4.79 Å². The van der Waals surface area contributed by atoms with E-state index in [2.05, 4.69) is 17.6 Å². The molecule has 3 unspecified atom stereocenters. The lowest BCUT2D eigenvalue weighted by atomic mass is 10.1. The van der Waals surface area contributed by atoms with Gasteiger partial charge >= 0.3 is 0 Å². The van der Waals surface area contributed by atoms with Crippen molar-refractivity contribution < 1.29 is 4.79 Å². The number of carbonyl (C=O) groups is 1. The molecule has 0 aliphatic heterocycles. The molecule has 0 heterocycles. The zero-order chi connectivity index (χ0) is 13.0. The number of nitrogens with one attached hydrogen (secondary N) is 2. The van der Waals surface area contributed by atoms with E-state index in [1.165, 1.54) is 19.3 Å². The molecule has 2 rings (SSSR count). The van der Waals surface area contributed by atoms with Gasteiger partial charge in [0.05, 0.1) is 6.04 Å². The molecule has 3 heteroatoms. The second-order valence-electron chi connectivity index (χ2n) is 5.26. The van der Waals surface area contributed by atoms with Crippen molar-refractivity contribution in [1.29, 1.82) is 0 Å². The smallest absolute Gasteiger partial charge is 0.241 e. The molecule has 18 heavy (non-hydrogen) atoms. The lowest BCUT2D eigenvalue weighted by molar-refractivity contribution is -0.118. The van der Waals surface area contributed by atoms with Gasteiger partial charge in [-0.1, -0.05) is 31.5 Å². The highest BCUT2D eigenvalue weighted by Gasteiger charge is 2.26. The molecule has 0 aromatic heterocycles. The van der Waals surface area contributed by atoms with Crippen LogP contribution in [0.2, 0.25) is 0 Å². The van der Waals surface area contributed by atoms with Crippen LogP contribution in [0.1, 0.15) is 33.1 Å². The number of hydrogen-bond acceptors (Lipinski definition) is 2. The highest BCUT2D eigenvalue weighted by Crippen LogP contribution is 2.25. The van der Waals surface area contributed by atoms with Gasteiger partial charge in [0.1, 0.15) is 0 Å². The molecule has 3 atom stereocenters. The molecule has 1 aromatic carbocycles. The molecule has 1 aliphatic carbocycles. The molecule has 1 saturated carbocycles. The molecule has 3 nitrogen and oxygen atoms in total. The topological polar surface area (TPSA) is 41.1 Å². The summed E-state index contributed by atoms with van der Waals surface area (Å²) in [7, 11) is 0. The summed E-state index contributed by atoms with van der Waals surface area (Å²) in [4.78, 5) is 12.0. The Morgan fingerprint density at radius 3 is 2.61 bits per heavy atom. The molecule has 2 N–H and O–H groups in total. The lowest BCUT2D eigenvalue weighted by Crippen LogP contribution is -2.44. The summed E-state index contributed by atoms with van der Waals surface area (Å²) in [6, 6.07) is 9.94. The molecule has 0 radical (unpaired) electrons. The van der Waals surface area contributed by atoms with E-state index in [1.807, 2.05) is 37.3 Å².